The van der Waals surface area contributed by atoms with Gasteiger partial charge in [0.15, 0.2) is 11.4 Å². The lowest BCUT2D eigenvalue weighted by Crippen LogP contribution is -2.17. The van der Waals surface area contributed by atoms with Gasteiger partial charge in [-0.3, -0.25) is 4.79 Å². The van der Waals surface area contributed by atoms with Crippen LogP contribution in [0.3, 0.4) is 0 Å². The summed E-state index contributed by atoms with van der Waals surface area (Å²) >= 11 is 13.4. The molecular formula is C18H16Cl2N2O2S. The van der Waals surface area contributed by atoms with Crippen LogP contribution in [-0.2, 0) is 11.8 Å². The summed E-state index contributed by atoms with van der Waals surface area (Å²) in [5, 5.41) is 0.871. The van der Waals surface area contributed by atoms with E-state index in [0.29, 0.717) is 20.6 Å². The van der Waals surface area contributed by atoms with Crippen molar-refractivity contribution in [1.29, 1.82) is 0 Å². The molecule has 0 saturated carbocycles. The van der Waals surface area contributed by atoms with Crippen molar-refractivity contribution in [3.8, 4) is 5.75 Å². The fourth-order valence-corrected chi connectivity index (χ4v) is 4.33. The first-order valence-electron chi connectivity index (χ1n) is 7.57. The summed E-state index contributed by atoms with van der Waals surface area (Å²) in [5.41, 5.74) is 3.43. The Morgan fingerprint density at radius 2 is 2.00 bits per heavy atom. The molecule has 0 atom stereocenters. The second-order valence-corrected chi connectivity index (χ2v) is 7.59. The molecule has 4 nitrogen and oxygen atoms in total. The molecule has 0 N–H and O–H groups in total. The zero-order valence-electron chi connectivity index (χ0n) is 14.0. The number of benzene rings is 2. The van der Waals surface area contributed by atoms with Crippen LogP contribution in [-0.4, -0.2) is 17.1 Å². The second kappa shape index (κ2) is 7.20. The molecule has 1 heterocycles. The van der Waals surface area contributed by atoms with Crippen LogP contribution in [0.4, 0.5) is 0 Å². The molecule has 1 aromatic heterocycles. The maximum atomic E-state index is 12.2. The van der Waals surface area contributed by atoms with Gasteiger partial charge in [-0.15, -0.1) is 0 Å². The van der Waals surface area contributed by atoms with E-state index in [-0.39, 0.29) is 12.5 Å². The summed E-state index contributed by atoms with van der Waals surface area (Å²) in [4.78, 5) is 17.0. The van der Waals surface area contributed by atoms with Crippen LogP contribution >= 0.6 is 34.5 Å². The minimum Gasteiger partial charge on any atom is -0.482 e. The molecule has 2 aromatic carbocycles. The van der Waals surface area contributed by atoms with Gasteiger partial charge in [0.05, 0.1) is 15.2 Å². The van der Waals surface area contributed by atoms with E-state index < -0.39 is 0 Å². The van der Waals surface area contributed by atoms with Crippen LogP contribution < -0.4 is 9.54 Å². The first-order valence-corrected chi connectivity index (χ1v) is 9.14. The molecule has 1 amide bonds. The fraction of sp³-hybridized carbons (Fsp3) is 0.222. The zero-order valence-corrected chi connectivity index (χ0v) is 16.3. The molecule has 0 fully saturated rings. The molecule has 0 unspecified atom stereocenters. The number of aromatic nitrogens is 1. The van der Waals surface area contributed by atoms with Crippen molar-refractivity contribution < 1.29 is 9.53 Å². The minimum atomic E-state index is -0.373. The monoisotopic (exact) mass is 394 g/mol. The average molecular weight is 395 g/mol. The van der Waals surface area contributed by atoms with E-state index in [2.05, 4.69) is 31.0 Å². The number of thiazole rings is 1. The van der Waals surface area contributed by atoms with Crippen molar-refractivity contribution in [2.75, 3.05) is 6.61 Å². The predicted molar refractivity (Wildman–Crippen MR) is 103 cm³/mol. The van der Waals surface area contributed by atoms with E-state index in [1.165, 1.54) is 16.9 Å². The van der Waals surface area contributed by atoms with E-state index in [1.54, 1.807) is 18.2 Å². The summed E-state index contributed by atoms with van der Waals surface area (Å²) in [6.07, 6.45) is 0. The zero-order chi connectivity index (χ0) is 18.1. The number of nitrogens with zero attached hydrogens (tertiary/aromatic N) is 2. The van der Waals surface area contributed by atoms with Crippen LogP contribution in [0.5, 0.6) is 5.75 Å². The molecule has 3 aromatic rings. The molecule has 0 spiro atoms. The normalized spacial score (nSPS) is 12.0. The molecule has 7 heteroatoms. The Hall–Kier alpha value is -1.82. The maximum Gasteiger partial charge on any atom is 0.286 e. The Kier molecular flexibility index (Phi) is 5.18. The smallest absolute Gasteiger partial charge is 0.286 e. The number of carbonyl (C=O) groups excluding carboxylic acids is 1. The summed E-state index contributed by atoms with van der Waals surface area (Å²) < 4.78 is 8.48. The molecule has 0 aliphatic carbocycles. The highest BCUT2D eigenvalue weighted by Gasteiger charge is 2.09. The lowest BCUT2D eigenvalue weighted by atomic mass is 10.1. The fourth-order valence-electron chi connectivity index (χ4n) is 2.66. The van der Waals surface area contributed by atoms with E-state index >= 15 is 0 Å². The molecule has 0 radical (unpaired) electrons. The first kappa shape index (κ1) is 18.0. The largest absolute Gasteiger partial charge is 0.482 e. The summed E-state index contributed by atoms with van der Waals surface area (Å²) in [6, 6.07) is 9.06. The van der Waals surface area contributed by atoms with Crippen molar-refractivity contribution in [3.63, 3.8) is 0 Å². The van der Waals surface area contributed by atoms with Gasteiger partial charge in [-0.25, -0.2) is 0 Å². The number of amides is 1. The van der Waals surface area contributed by atoms with Gasteiger partial charge in [0, 0.05) is 12.1 Å². The third-order valence-electron chi connectivity index (χ3n) is 3.70. The van der Waals surface area contributed by atoms with Crippen LogP contribution in [0.25, 0.3) is 10.2 Å². The number of halogens is 2. The molecule has 0 bridgehead atoms. The molecule has 3 rings (SSSR count). The van der Waals surface area contributed by atoms with Crippen molar-refractivity contribution >= 4 is 50.7 Å². The molecule has 0 aliphatic rings. The van der Waals surface area contributed by atoms with Crippen LogP contribution in [0.2, 0.25) is 10.0 Å². The van der Waals surface area contributed by atoms with Crippen LogP contribution in [0.1, 0.15) is 11.1 Å². The van der Waals surface area contributed by atoms with Gasteiger partial charge in [-0.2, -0.15) is 4.99 Å². The number of ether oxygens (including phenoxy) is 1. The topological polar surface area (TPSA) is 43.6 Å². The molecule has 25 heavy (non-hydrogen) atoms. The predicted octanol–water partition coefficient (Wildman–Crippen LogP) is 4.67. The van der Waals surface area contributed by atoms with E-state index in [0.717, 1.165) is 15.8 Å². The number of hydrogen-bond acceptors (Lipinski definition) is 3. The third-order valence-corrected chi connectivity index (χ3v) is 5.31. The number of hydrogen-bond donors (Lipinski definition) is 0. The van der Waals surface area contributed by atoms with Gasteiger partial charge in [-0.1, -0.05) is 40.6 Å². The highest BCUT2D eigenvalue weighted by molar-refractivity contribution is 7.16. The lowest BCUT2D eigenvalue weighted by molar-refractivity contribution is -0.120. The van der Waals surface area contributed by atoms with Gasteiger partial charge in [0.2, 0.25) is 0 Å². The number of fused-ring (bicyclic) bond motifs is 1. The first-order chi connectivity index (χ1) is 11.8. The summed E-state index contributed by atoms with van der Waals surface area (Å²) in [7, 11) is 1.91. The van der Waals surface area contributed by atoms with Crippen molar-refractivity contribution in [3.05, 3.63) is 56.3 Å². The Labute approximate surface area is 159 Å². The van der Waals surface area contributed by atoms with Gasteiger partial charge in [-0.05, 0) is 49.2 Å². The van der Waals surface area contributed by atoms with Gasteiger partial charge < -0.3 is 9.30 Å². The molecule has 0 aliphatic heterocycles. The number of carbonyl (C=O) groups is 1. The Balaban J connectivity index is 1.85. The van der Waals surface area contributed by atoms with E-state index in [4.69, 9.17) is 27.9 Å². The highest BCUT2D eigenvalue weighted by Crippen LogP contribution is 2.27. The minimum absolute atomic E-state index is 0.187. The molecule has 0 saturated heterocycles. The maximum absolute atomic E-state index is 12.2. The van der Waals surface area contributed by atoms with E-state index in [1.807, 2.05) is 11.6 Å². The number of rotatable bonds is 3. The summed E-state index contributed by atoms with van der Waals surface area (Å²) in [6.45, 7) is 3.92. The van der Waals surface area contributed by atoms with Gasteiger partial charge in [0.1, 0.15) is 5.75 Å². The van der Waals surface area contributed by atoms with Crippen LogP contribution in [0.15, 0.2) is 35.3 Å². The number of aryl methyl sites for hydroxylation is 3. The third kappa shape index (κ3) is 3.89. The molecular weight excluding hydrogens is 379 g/mol. The van der Waals surface area contributed by atoms with E-state index in [9.17, 15) is 4.79 Å². The van der Waals surface area contributed by atoms with Gasteiger partial charge >= 0.3 is 0 Å². The van der Waals surface area contributed by atoms with Crippen molar-refractivity contribution in [2.45, 2.75) is 13.8 Å². The van der Waals surface area contributed by atoms with Gasteiger partial charge in [0.25, 0.3) is 5.91 Å². The standard InChI is InChI=1S/C18H16Cl2N2O2S/c1-10-6-11(2)17-15(7-10)25-18(22(17)3)21-16(23)9-24-14-5-4-12(19)8-13(14)20/h4-8H,9H2,1-3H3. The van der Waals surface area contributed by atoms with Crippen molar-refractivity contribution in [2.24, 2.45) is 12.0 Å². The van der Waals surface area contributed by atoms with Crippen molar-refractivity contribution in [1.82, 2.24) is 4.57 Å². The Bertz CT molecular complexity index is 1040. The SMILES string of the molecule is Cc1cc(C)c2c(c1)sc(=NC(=O)COc1ccc(Cl)cc1Cl)n2C. The molecule has 130 valence electrons. The Morgan fingerprint density at radius 1 is 1.24 bits per heavy atom. The Morgan fingerprint density at radius 3 is 2.72 bits per heavy atom. The quantitative estimate of drug-likeness (QED) is 0.647. The highest BCUT2D eigenvalue weighted by atomic mass is 35.5. The average Bonchev–Trinajstić information content (AvgIpc) is 2.82. The summed E-state index contributed by atoms with van der Waals surface area (Å²) in [5.74, 6) is 0.0318. The second-order valence-electron chi connectivity index (χ2n) is 5.74. The lowest BCUT2D eigenvalue weighted by Gasteiger charge is -2.05. The van der Waals surface area contributed by atoms with Crippen LogP contribution in [0, 0.1) is 13.8 Å².